The smallest absolute Gasteiger partial charge is 0.255 e. The molecule has 0 aliphatic heterocycles. The molecule has 1 aliphatic carbocycles. The number of halogens is 1. The Morgan fingerprint density at radius 2 is 1.75 bits per heavy atom. The molecule has 0 atom stereocenters. The number of sulfonamides is 1. The van der Waals surface area contributed by atoms with Crippen LogP contribution in [0.3, 0.4) is 0 Å². The van der Waals surface area contributed by atoms with Crippen LogP contribution in [0.4, 0.5) is 15.8 Å². The minimum atomic E-state index is -3.99. The first kappa shape index (κ1) is 20.3. The van der Waals surface area contributed by atoms with E-state index in [0.717, 1.165) is 43.8 Å². The van der Waals surface area contributed by atoms with Gasteiger partial charge in [0.05, 0.1) is 0 Å². The summed E-state index contributed by atoms with van der Waals surface area (Å²) in [6, 6.07) is 10.6. The third-order valence-corrected chi connectivity index (χ3v) is 6.17. The van der Waals surface area contributed by atoms with E-state index in [1.54, 1.807) is 12.1 Å². The average molecular weight is 405 g/mol. The summed E-state index contributed by atoms with van der Waals surface area (Å²) in [6.45, 7) is 5.89. The van der Waals surface area contributed by atoms with Crippen molar-refractivity contribution in [1.82, 2.24) is 4.72 Å². The second-order valence-electron chi connectivity index (χ2n) is 6.71. The fourth-order valence-electron chi connectivity index (χ4n) is 2.88. The third-order valence-electron chi connectivity index (χ3n) is 4.64. The van der Waals surface area contributed by atoms with E-state index in [1.807, 2.05) is 12.1 Å². The SMILES string of the molecule is CCN(CC)c1ccc(NC(=O)c2ccc(F)c(S(=O)(=O)NC3CC3)c2)cc1. The average Bonchev–Trinajstić information content (AvgIpc) is 3.47. The molecule has 150 valence electrons. The molecule has 0 saturated heterocycles. The van der Waals surface area contributed by atoms with Gasteiger partial charge >= 0.3 is 0 Å². The maximum absolute atomic E-state index is 14.1. The van der Waals surface area contributed by atoms with Crippen molar-refractivity contribution in [2.45, 2.75) is 37.6 Å². The normalized spacial score (nSPS) is 14.0. The molecule has 0 unspecified atom stereocenters. The fraction of sp³-hybridized carbons (Fsp3) is 0.350. The molecule has 3 rings (SSSR count). The Labute approximate surface area is 164 Å². The molecule has 1 fully saturated rings. The molecule has 1 aliphatic rings. The lowest BCUT2D eigenvalue weighted by Gasteiger charge is -2.21. The van der Waals surface area contributed by atoms with Crippen LogP contribution in [0.2, 0.25) is 0 Å². The largest absolute Gasteiger partial charge is 0.372 e. The van der Waals surface area contributed by atoms with Crippen LogP contribution < -0.4 is 14.9 Å². The zero-order chi connectivity index (χ0) is 20.3. The van der Waals surface area contributed by atoms with Gasteiger partial charge in [-0.05, 0) is 69.2 Å². The van der Waals surface area contributed by atoms with Crippen LogP contribution in [-0.4, -0.2) is 33.5 Å². The second kappa shape index (κ2) is 8.28. The molecule has 2 aromatic carbocycles. The van der Waals surface area contributed by atoms with E-state index >= 15 is 0 Å². The highest BCUT2D eigenvalue weighted by atomic mass is 32.2. The van der Waals surface area contributed by atoms with Gasteiger partial charge in [0.25, 0.3) is 5.91 Å². The molecule has 0 aromatic heterocycles. The van der Waals surface area contributed by atoms with Gasteiger partial charge in [-0.2, -0.15) is 0 Å². The van der Waals surface area contributed by atoms with E-state index in [2.05, 4.69) is 28.8 Å². The molecule has 1 amide bonds. The number of carbonyl (C=O) groups is 1. The topological polar surface area (TPSA) is 78.5 Å². The van der Waals surface area contributed by atoms with Crippen molar-refractivity contribution in [3.63, 3.8) is 0 Å². The Kier molecular flexibility index (Phi) is 6.00. The zero-order valence-corrected chi connectivity index (χ0v) is 16.7. The molecule has 0 radical (unpaired) electrons. The second-order valence-corrected chi connectivity index (χ2v) is 8.40. The summed E-state index contributed by atoms with van der Waals surface area (Å²) in [5.41, 5.74) is 1.69. The summed E-state index contributed by atoms with van der Waals surface area (Å²) in [5, 5.41) is 2.72. The first-order valence-electron chi connectivity index (χ1n) is 9.32. The molecule has 0 heterocycles. The van der Waals surface area contributed by atoms with Crippen LogP contribution in [0, 0.1) is 5.82 Å². The van der Waals surface area contributed by atoms with Gasteiger partial charge in [-0.25, -0.2) is 17.5 Å². The summed E-state index contributed by atoms with van der Waals surface area (Å²) in [6.07, 6.45) is 1.48. The number of nitrogens with zero attached hydrogens (tertiary/aromatic N) is 1. The van der Waals surface area contributed by atoms with Gasteiger partial charge < -0.3 is 10.2 Å². The number of rotatable bonds is 8. The van der Waals surface area contributed by atoms with E-state index in [-0.39, 0.29) is 11.6 Å². The standard InChI is InChI=1S/C20H24FN3O3S/c1-3-24(4-2)17-10-8-15(9-11-17)22-20(25)14-5-12-18(21)19(13-14)28(26,27)23-16-6-7-16/h5,8-13,16,23H,3-4,6-7H2,1-2H3,(H,22,25). The molecular formula is C20H24FN3O3S. The molecule has 2 N–H and O–H groups in total. The zero-order valence-electron chi connectivity index (χ0n) is 15.9. The van der Waals surface area contributed by atoms with Crippen molar-refractivity contribution >= 4 is 27.3 Å². The van der Waals surface area contributed by atoms with Crippen molar-refractivity contribution in [2.75, 3.05) is 23.3 Å². The molecular weight excluding hydrogens is 381 g/mol. The van der Waals surface area contributed by atoms with Gasteiger partial charge in [0.1, 0.15) is 10.7 Å². The highest BCUT2D eigenvalue weighted by Crippen LogP contribution is 2.24. The molecule has 8 heteroatoms. The van der Waals surface area contributed by atoms with E-state index in [0.29, 0.717) is 5.69 Å². The van der Waals surface area contributed by atoms with Crippen molar-refractivity contribution < 1.29 is 17.6 Å². The molecule has 28 heavy (non-hydrogen) atoms. The lowest BCUT2D eigenvalue weighted by atomic mass is 10.2. The van der Waals surface area contributed by atoms with Crippen LogP contribution >= 0.6 is 0 Å². The van der Waals surface area contributed by atoms with Crippen molar-refractivity contribution in [3.8, 4) is 0 Å². The first-order chi connectivity index (χ1) is 13.3. The quantitative estimate of drug-likeness (QED) is 0.706. The van der Waals surface area contributed by atoms with Gasteiger partial charge in [0.15, 0.2) is 0 Å². The number of nitrogens with one attached hydrogen (secondary N) is 2. The molecule has 0 spiro atoms. The fourth-order valence-corrected chi connectivity index (χ4v) is 4.29. The number of amides is 1. The lowest BCUT2D eigenvalue weighted by molar-refractivity contribution is 0.102. The summed E-state index contributed by atoms with van der Waals surface area (Å²) in [4.78, 5) is 14.2. The Morgan fingerprint density at radius 1 is 1.11 bits per heavy atom. The molecule has 0 bridgehead atoms. The monoisotopic (exact) mass is 405 g/mol. The number of hydrogen-bond donors (Lipinski definition) is 2. The van der Waals surface area contributed by atoms with E-state index in [4.69, 9.17) is 0 Å². The predicted molar refractivity (Wildman–Crippen MR) is 108 cm³/mol. The van der Waals surface area contributed by atoms with Crippen molar-refractivity contribution in [1.29, 1.82) is 0 Å². The maximum Gasteiger partial charge on any atom is 0.255 e. The number of benzene rings is 2. The van der Waals surface area contributed by atoms with Crippen LogP contribution in [0.1, 0.15) is 37.0 Å². The lowest BCUT2D eigenvalue weighted by Crippen LogP contribution is -2.27. The van der Waals surface area contributed by atoms with Crippen molar-refractivity contribution in [2.24, 2.45) is 0 Å². The summed E-state index contributed by atoms with van der Waals surface area (Å²) in [7, 11) is -3.99. The van der Waals surface area contributed by atoms with Crippen molar-refractivity contribution in [3.05, 3.63) is 53.8 Å². The van der Waals surface area contributed by atoms with Crippen LogP contribution in [0.25, 0.3) is 0 Å². The molecule has 2 aromatic rings. The van der Waals surface area contributed by atoms with E-state index in [9.17, 15) is 17.6 Å². The highest BCUT2D eigenvalue weighted by Gasteiger charge is 2.30. The van der Waals surface area contributed by atoms with Gasteiger partial charge in [-0.15, -0.1) is 0 Å². The summed E-state index contributed by atoms with van der Waals surface area (Å²) >= 11 is 0. The maximum atomic E-state index is 14.1. The summed E-state index contributed by atoms with van der Waals surface area (Å²) in [5.74, 6) is -1.38. The Balaban J connectivity index is 1.76. The Morgan fingerprint density at radius 3 is 2.32 bits per heavy atom. The minimum absolute atomic E-state index is 0.0744. The van der Waals surface area contributed by atoms with E-state index in [1.165, 1.54) is 6.07 Å². The van der Waals surface area contributed by atoms with Gasteiger partial charge in [0.2, 0.25) is 10.0 Å². The predicted octanol–water partition coefficient (Wildman–Crippen LogP) is 3.36. The number of carbonyl (C=O) groups excluding carboxylic acids is 1. The van der Waals surface area contributed by atoms with Gasteiger partial charge in [-0.1, -0.05) is 0 Å². The van der Waals surface area contributed by atoms with Crippen LogP contribution in [0.15, 0.2) is 47.4 Å². The number of anilines is 2. The Hall–Kier alpha value is -2.45. The van der Waals surface area contributed by atoms with E-state index < -0.39 is 26.6 Å². The summed E-state index contributed by atoms with van der Waals surface area (Å²) < 4.78 is 41.1. The van der Waals surface area contributed by atoms with Gasteiger partial charge in [-0.3, -0.25) is 4.79 Å². The first-order valence-corrected chi connectivity index (χ1v) is 10.8. The minimum Gasteiger partial charge on any atom is -0.372 e. The molecule has 1 saturated carbocycles. The van der Waals surface area contributed by atoms with Crippen LogP contribution in [-0.2, 0) is 10.0 Å². The number of hydrogen-bond acceptors (Lipinski definition) is 4. The van der Waals surface area contributed by atoms with Gasteiger partial charge in [0, 0.05) is 36.1 Å². The Bertz CT molecular complexity index is 953. The highest BCUT2D eigenvalue weighted by molar-refractivity contribution is 7.89. The van der Waals surface area contributed by atoms with Crippen LogP contribution in [0.5, 0.6) is 0 Å². The third kappa shape index (κ3) is 4.69. The molecule has 6 nitrogen and oxygen atoms in total.